The maximum Gasteiger partial charge on any atom is 0.326 e. The second kappa shape index (κ2) is 16.2. The Kier molecular flexibility index (Phi) is 12.1. The number of nitrogens with two attached hydrogens (primary N) is 1. The topological polar surface area (TPSA) is 295 Å². The number of nitrogens with zero attached hydrogens (tertiary/aromatic N) is 3. The smallest absolute Gasteiger partial charge is 0.326 e. The molecule has 0 saturated carbocycles. The Bertz CT molecular complexity index is 1390. The summed E-state index contributed by atoms with van der Waals surface area (Å²) < 4.78 is 0. The van der Waals surface area contributed by atoms with Crippen LogP contribution in [0.2, 0.25) is 0 Å². The summed E-state index contributed by atoms with van der Waals surface area (Å²) in [6.45, 7) is 0.454. The standard InChI is InChI=1S/C25H34N12O7/c1-13(34-23(41)17(35-20(38)5-26)2-14-6-27-10-31-14)22(40)30-9-21(39)36-18(3-15-7-28-11-32-15)24(42)37-19(25(43)44)4-16-8-29-12-33-16/h6-8,10-13,17-19H,2-5,9,26H2,1H3,(H,27,31)(H,28,32)(H,29,33)(H,30,40)(H,34,41)(H,35,38)(H,36,39)(H,37,42)(H,43,44)/t13-,17-,18-,19-/m0/s1. The number of aromatic amines is 3. The molecule has 0 aliphatic rings. The lowest BCUT2D eigenvalue weighted by Gasteiger charge is -2.22. The highest BCUT2D eigenvalue weighted by Crippen LogP contribution is 2.04. The number of hydrogen-bond donors (Lipinski definition) is 10. The van der Waals surface area contributed by atoms with Crippen LogP contribution in [0.4, 0.5) is 0 Å². The molecular formula is C25H34N12O7. The van der Waals surface area contributed by atoms with E-state index in [1.807, 2.05) is 0 Å². The largest absolute Gasteiger partial charge is 0.480 e. The van der Waals surface area contributed by atoms with Crippen LogP contribution in [0, 0.1) is 0 Å². The molecule has 5 amide bonds. The number of H-pyrrole nitrogens is 3. The molecule has 0 saturated heterocycles. The first-order chi connectivity index (χ1) is 21.0. The number of hydrogen-bond acceptors (Lipinski definition) is 10. The van der Waals surface area contributed by atoms with Gasteiger partial charge in [0.15, 0.2) is 0 Å². The molecule has 44 heavy (non-hydrogen) atoms. The van der Waals surface area contributed by atoms with E-state index in [1.165, 1.54) is 38.3 Å². The van der Waals surface area contributed by atoms with Crippen molar-refractivity contribution in [2.45, 2.75) is 50.4 Å². The van der Waals surface area contributed by atoms with Crippen molar-refractivity contribution in [2.75, 3.05) is 13.1 Å². The van der Waals surface area contributed by atoms with Gasteiger partial charge in [-0.1, -0.05) is 0 Å². The van der Waals surface area contributed by atoms with Gasteiger partial charge in [-0.3, -0.25) is 24.0 Å². The summed E-state index contributed by atoms with van der Waals surface area (Å²) in [5.74, 6) is -4.85. The van der Waals surface area contributed by atoms with Crippen LogP contribution in [0.3, 0.4) is 0 Å². The third-order valence-electron chi connectivity index (χ3n) is 6.18. The zero-order chi connectivity index (χ0) is 32.1. The molecular weight excluding hydrogens is 580 g/mol. The van der Waals surface area contributed by atoms with Crippen molar-refractivity contribution in [3.8, 4) is 0 Å². The number of aliphatic carboxylic acids is 1. The van der Waals surface area contributed by atoms with Crippen molar-refractivity contribution < 1.29 is 33.9 Å². The van der Waals surface area contributed by atoms with Gasteiger partial charge in [-0.2, -0.15) is 0 Å². The van der Waals surface area contributed by atoms with E-state index in [9.17, 15) is 33.9 Å². The average molecular weight is 615 g/mol. The summed E-state index contributed by atoms with van der Waals surface area (Å²) in [6, 6.07) is -4.76. The van der Waals surface area contributed by atoms with E-state index in [-0.39, 0.29) is 25.8 Å². The molecule has 0 bridgehead atoms. The van der Waals surface area contributed by atoms with Crippen LogP contribution in [0.1, 0.15) is 24.0 Å². The zero-order valence-corrected chi connectivity index (χ0v) is 23.6. The zero-order valence-electron chi connectivity index (χ0n) is 23.6. The molecule has 3 aromatic heterocycles. The van der Waals surface area contributed by atoms with Gasteiger partial charge < -0.3 is 52.4 Å². The monoisotopic (exact) mass is 614 g/mol. The van der Waals surface area contributed by atoms with Gasteiger partial charge in [-0.05, 0) is 6.92 Å². The van der Waals surface area contributed by atoms with Crippen LogP contribution in [-0.2, 0) is 48.0 Å². The van der Waals surface area contributed by atoms with Crippen molar-refractivity contribution in [3.63, 3.8) is 0 Å². The number of imidazole rings is 3. The third-order valence-corrected chi connectivity index (χ3v) is 6.18. The quantitative estimate of drug-likeness (QED) is 0.0699. The van der Waals surface area contributed by atoms with Crippen LogP contribution in [0.5, 0.6) is 0 Å². The number of amides is 5. The van der Waals surface area contributed by atoms with Gasteiger partial charge >= 0.3 is 5.97 Å². The highest BCUT2D eigenvalue weighted by molar-refractivity contribution is 5.95. The maximum absolute atomic E-state index is 13.1. The fourth-order valence-corrected chi connectivity index (χ4v) is 3.92. The second-order valence-electron chi connectivity index (χ2n) is 9.59. The lowest BCUT2D eigenvalue weighted by Crippen LogP contribution is -2.56. The first-order valence-electron chi connectivity index (χ1n) is 13.4. The summed E-state index contributed by atoms with van der Waals surface area (Å²) in [5.41, 5.74) is 6.64. The van der Waals surface area contributed by atoms with E-state index < -0.39 is 66.2 Å². The highest BCUT2D eigenvalue weighted by atomic mass is 16.4. The van der Waals surface area contributed by atoms with Gasteiger partial charge in [0.05, 0.1) is 49.2 Å². The molecule has 0 aromatic carbocycles. The molecule has 0 radical (unpaired) electrons. The maximum atomic E-state index is 13.1. The van der Waals surface area contributed by atoms with E-state index in [2.05, 4.69) is 56.5 Å². The van der Waals surface area contributed by atoms with Crippen molar-refractivity contribution in [3.05, 3.63) is 54.7 Å². The summed E-state index contributed by atoms with van der Waals surface area (Å²) in [6.07, 6.45) is 8.54. The fraction of sp³-hybridized carbons (Fsp3) is 0.400. The molecule has 3 heterocycles. The Morgan fingerprint density at radius 3 is 1.59 bits per heavy atom. The summed E-state index contributed by atoms with van der Waals surface area (Å²) in [7, 11) is 0. The van der Waals surface area contributed by atoms with Crippen LogP contribution in [0.25, 0.3) is 0 Å². The minimum absolute atomic E-state index is 0.0295. The molecule has 0 aliphatic carbocycles. The molecule has 19 heteroatoms. The Morgan fingerprint density at radius 1 is 0.705 bits per heavy atom. The summed E-state index contributed by atoms with van der Waals surface area (Å²) in [4.78, 5) is 95.0. The molecule has 4 atom stereocenters. The van der Waals surface area contributed by atoms with Crippen molar-refractivity contribution in [1.29, 1.82) is 0 Å². The summed E-state index contributed by atoms with van der Waals surface area (Å²) >= 11 is 0. The molecule has 19 nitrogen and oxygen atoms in total. The minimum atomic E-state index is -1.33. The van der Waals surface area contributed by atoms with Crippen LogP contribution < -0.4 is 32.3 Å². The van der Waals surface area contributed by atoms with Crippen molar-refractivity contribution in [1.82, 2.24) is 56.5 Å². The first kappa shape index (κ1) is 32.9. The van der Waals surface area contributed by atoms with Gasteiger partial charge in [0.2, 0.25) is 29.5 Å². The minimum Gasteiger partial charge on any atom is -0.480 e. The number of carbonyl (C=O) groups excluding carboxylic acids is 5. The fourth-order valence-electron chi connectivity index (χ4n) is 3.92. The Morgan fingerprint density at radius 2 is 1.16 bits per heavy atom. The Labute approximate surface area is 250 Å². The van der Waals surface area contributed by atoms with Gasteiger partial charge in [0.1, 0.15) is 24.2 Å². The lowest BCUT2D eigenvalue weighted by atomic mass is 10.1. The molecule has 0 fully saturated rings. The molecule has 0 spiro atoms. The lowest BCUT2D eigenvalue weighted by molar-refractivity contribution is -0.142. The second-order valence-corrected chi connectivity index (χ2v) is 9.59. The van der Waals surface area contributed by atoms with Gasteiger partial charge in [0, 0.05) is 37.9 Å². The van der Waals surface area contributed by atoms with E-state index in [0.29, 0.717) is 17.1 Å². The Balaban J connectivity index is 1.56. The van der Waals surface area contributed by atoms with Crippen LogP contribution in [0.15, 0.2) is 37.6 Å². The van der Waals surface area contributed by atoms with Crippen LogP contribution >= 0.6 is 0 Å². The number of rotatable bonds is 17. The number of nitrogens with one attached hydrogen (secondary N) is 8. The molecule has 3 rings (SSSR count). The van der Waals surface area contributed by atoms with Gasteiger partial charge in [0.25, 0.3) is 0 Å². The average Bonchev–Trinajstić information content (AvgIpc) is 3.79. The number of carboxylic acid groups (broad SMARTS) is 1. The normalized spacial score (nSPS) is 13.5. The van der Waals surface area contributed by atoms with Gasteiger partial charge in [-0.15, -0.1) is 0 Å². The molecule has 3 aromatic rings. The van der Waals surface area contributed by atoms with Crippen molar-refractivity contribution >= 4 is 35.5 Å². The SMILES string of the molecule is C[C@H](NC(=O)[C@H](Cc1c[nH]cn1)NC(=O)CN)C(=O)NCC(=O)N[C@@H](Cc1c[nH]cn1)C(=O)N[C@@H](Cc1c[nH]cn1)C(=O)O. The predicted octanol–water partition coefficient (Wildman–Crippen LogP) is -4.00. The molecule has 0 unspecified atom stereocenters. The van der Waals surface area contributed by atoms with Crippen LogP contribution in [-0.4, -0.2) is 108 Å². The number of carboxylic acids is 1. The molecule has 11 N–H and O–H groups in total. The van der Waals surface area contributed by atoms with E-state index in [4.69, 9.17) is 5.73 Å². The predicted molar refractivity (Wildman–Crippen MR) is 150 cm³/mol. The third kappa shape index (κ3) is 10.4. The van der Waals surface area contributed by atoms with E-state index in [1.54, 1.807) is 6.20 Å². The first-order valence-corrected chi connectivity index (χ1v) is 13.4. The molecule has 236 valence electrons. The van der Waals surface area contributed by atoms with Gasteiger partial charge in [-0.25, -0.2) is 19.7 Å². The molecule has 0 aliphatic heterocycles. The number of carbonyl (C=O) groups is 6. The number of aromatic nitrogens is 6. The van der Waals surface area contributed by atoms with Crippen molar-refractivity contribution in [2.24, 2.45) is 5.73 Å². The summed E-state index contributed by atoms with van der Waals surface area (Å²) in [5, 5.41) is 21.8. The highest BCUT2D eigenvalue weighted by Gasteiger charge is 2.29. The Hall–Kier alpha value is -5.59. The van der Waals surface area contributed by atoms with E-state index >= 15 is 0 Å². The van der Waals surface area contributed by atoms with E-state index in [0.717, 1.165) is 0 Å².